The number of ether oxygens (including phenoxy) is 1. The van der Waals surface area contributed by atoms with Gasteiger partial charge in [0.2, 0.25) is 5.82 Å². The fourth-order valence-electron chi connectivity index (χ4n) is 2.72. The number of benzene rings is 2. The molecule has 0 N–H and O–H groups in total. The number of fused-ring (bicyclic) bond motifs is 1. The summed E-state index contributed by atoms with van der Waals surface area (Å²) in [4.78, 5) is 15.7. The van der Waals surface area contributed by atoms with Crippen LogP contribution >= 0.6 is 0 Å². The predicted molar refractivity (Wildman–Crippen MR) is 101 cm³/mol. The Labute approximate surface area is 155 Å². The van der Waals surface area contributed by atoms with Crippen LogP contribution in [0, 0.1) is 0 Å². The quantitative estimate of drug-likeness (QED) is 0.485. The first kappa shape index (κ1) is 17.0. The van der Waals surface area contributed by atoms with Gasteiger partial charge in [0.15, 0.2) is 6.61 Å². The van der Waals surface area contributed by atoms with Gasteiger partial charge in [-0.15, -0.1) is 0 Å². The highest BCUT2D eigenvalue weighted by atomic mass is 16.5. The Morgan fingerprint density at radius 2 is 1.81 bits per heavy atom. The van der Waals surface area contributed by atoms with Crippen LogP contribution in [-0.4, -0.2) is 10.1 Å². The zero-order valence-corrected chi connectivity index (χ0v) is 15.0. The first-order chi connectivity index (χ1) is 13.1. The van der Waals surface area contributed by atoms with Gasteiger partial charge in [-0.1, -0.05) is 43.3 Å². The van der Waals surface area contributed by atoms with Crippen molar-refractivity contribution < 1.29 is 13.7 Å². The molecule has 0 fully saturated rings. The van der Waals surface area contributed by atoms with Crippen LogP contribution in [0.3, 0.4) is 0 Å². The second-order valence-corrected chi connectivity index (χ2v) is 6.53. The molecule has 0 aliphatic carbocycles. The average molecular weight is 362 g/mol. The van der Waals surface area contributed by atoms with Crippen molar-refractivity contribution in [2.45, 2.75) is 26.4 Å². The highest BCUT2D eigenvalue weighted by molar-refractivity contribution is 5.77. The summed E-state index contributed by atoms with van der Waals surface area (Å²) < 4.78 is 16.1. The fraction of sp³-hybridized carbons (Fsp3) is 0.190. The summed E-state index contributed by atoms with van der Waals surface area (Å²) in [5.74, 6) is 1.92. The van der Waals surface area contributed by atoms with E-state index in [4.69, 9.17) is 13.7 Å². The molecule has 0 aliphatic heterocycles. The van der Waals surface area contributed by atoms with Crippen molar-refractivity contribution in [3.8, 4) is 17.1 Å². The Kier molecular flexibility index (Phi) is 4.46. The number of aromatic nitrogens is 2. The largest absolute Gasteiger partial charge is 0.484 e. The van der Waals surface area contributed by atoms with Crippen molar-refractivity contribution >= 4 is 11.0 Å². The summed E-state index contributed by atoms with van der Waals surface area (Å²) >= 11 is 0. The minimum absolute atomic E-state index is 0.125. The molecule has 6 heteroatoms. The number of hydrogen-bond donors (Lipinski definition) is 0. The van der Waals surface area contributed by atoms with Crippen LogP contribution in [0.2, 0.25) is 0 Å². The van der Waals surface area contributed by atoms with Crippen LogP contribution in [0.1, 0.15) is 31.2 Å². The molecule has 0 amide bonds. The molecular weight excluding hydrogens is 344 g/mol. The second-order valence-electron chi connectivity index (χ2n) is 6.53. The molecule has 4 aromatic rings. The smallest absolute Gasteiger partial charge is 0.336 e. The molecule has 0 unspecified atom stereocenters. The van der Waals surface area contributed by atoms with Gasteiger partial charge in [-0.05, 0) is 29.7 Å². The minimum atomic E-state index is -0.398. The molecule has 136 valence electrons. The van der Waals surface area contributed by atoms with Gasteiger partial charge >= 0.3 is 5.63 Å². The van der Waals surface area contributed by atoms with E-state index in [-0.39, 0.29) is 6.61 Å². The maximum Gasteiger partial charge on any atom is 0.336 e. The summed E-state index contributed by atoms with van der Waals surface area (Å²) in [6.07, 6.45) is 0. The molecule has 2 aromatic carbocycles. The van der Waals surface area contributed by atoms with E-state index >= 15 is 0 Å². The van der Waals surface area contributed by atoms with Gasteiger partial charge in [-0.2, -0.15) is 4.98 Å². The molecule has 0 saturated carbocycles. The molecule has 0 bridgehead atoms. The van der Waals surface area contributed by atoms with Crippen molar-refractivity contribution in [1.29, 1.82) is 0 Å². The van der Waals surface area contributed by atoms with E-state index < -0.39 is 5.63 Å². The van der Waals surface area contributed by atoms with Crippen LogP contribution in [0.5, 0.6) is 5.75 Å². The Morgan fingerprint density at radius 1 is 1.04 bits per heavy atom. The van der Waals surface area contributed by atoms with Crippen molar-refractivity contribution in [3.05, 3.63) is 76.5 Å². The van der Waals surface area contributed by atoms with E-state index in [0.29, 0.717) is 29.0 Å². The lowest BCUT2D eigenvalue weighted by molar-refractivity contribution is 0.243. The van der Waals surface area contributed by atoms with Gasteiger partial charge < -0.3 is 13.7 Å². The number of hydrogen-bond acceptors (Lipinski definition) is 6. The Hall–Kier alpha value is -3.41. The van der Waals surface area contributed by atoms with E-state index in [0.717, 1.165) is 10.9 Å². The van der Waals surface area contributed by atoms with Crippen LogP contribution in [0.25, 0.3) is 22.4 Å². The van der Waals surface area contributed by atoms with Crippen molar-refractivity contribution in [1.82, 2.24) is 10.1 Å². The van der Waals surface area contributed by atoms with E-state index in [1.807, 2.05) is 18.2 Å². The monoisotopic (exact) mass is 362 g/mol. The lowest BCUT2D eigenvalue weighted by Gasteiger charge is -2.04. The van der Waals surface area contributed by atoms with Crippen molar-refractivity contribution in [2.24, 2.45) is 0 Å². The standard InChI is InChI=1S/C21H18N2O4/c1-13(2)14-3-5-16(6-4-14)21-22-19(27-23-21)12-25-17-9-7-15-8-10-20(24)26-18(15)11-17/h3-11,13H,12H2,1-2H3. The first-order valence-corrected chi connectivity index (χ1v) is 8.68. The Bertz CT molecular complexity index is 1130. The van der Waals surface area contributed by atoms with Gasteiger partial charge in [-0.25, -0.2) is 4.79 Å². The zero-order chi connectivity index (χ0) is 18.8. The fourth-order valence-corrected chi connectivity index (χ4v) is 2.72. The summed E-state index contributed by atoms with van der Waals surface area (Å²) in [6.45, 7) is 4.42. The Balaban J connectivity index is 1.47. The van der Waals surface area contributed by atoms with Crippen LogP contribution in [-0.2, 0) is 6.61 Å². The summed E-state index contributed by atoms with van der Waals surface area (Å²) in [5.41, 5.74) is 2.22. The predicted octanol–water partition coefficient (Wildman–Crippen LogP) is 4.55. The summed E-state index contributed by atoms with van der Waals surface area (Å²) in [7, 11) is 0. The summed E-state index contributed by atoms with van der Waals surface area (Å²) in [5, 5.41) is 4.83. The third-order valence-electron chi connectivity index (χ3n) is 4.26. The highest BCUT2D eigenvalue weighted by Crippen LogP contribution is 2.22. The molecule has 27 heavy (non-hydrogen) atoms. The molecule has 0 spiro atoms. The van der Waals surface area contributed by atoms with Crippen LogP contribution in [0.4, 0.5) is 0 Å². The van der Waals surface area contributed by atoms with Gasteiger partial charge in [0.05, 0.1) is 0 Å². The second kappa shape index (κ2) is 7.07. The zero-order valence-electron chi connectivity index (χ0n) is 15.0. The molecule has 0 aliphatic rings. The molecule has 0 atom stereocenters. The molecule has 0 radical (unpaired) electrons. The van der Waals surface area contributed by atoms with Gasteiger partial charge in [-0.3, -0.25) is 0 Å². The highest BCUT2D eigenvalue weighted by Gasteiger charge is 2.10. The molecule has 2 aromatic heterocycles. The normalized spacial score (nSPS) is 11.2. The topological polar surface area (TPSA) is 78.4 Å². The maximum absolute atomic E-state index is 11.3. The van der Waals surface area contributed by atoms with Crippen LogP contribution < -0.4 is 10.4 Å². The lowest BCUT2D eigenvalue weighted by Crippen LogP contribution is -1.97. The van der Waals surface area contributed by atoms with E-state index in [2.05, 4.69) is 36.1 Å². The molecular formula is C21H18N2O4. The number of nitrogens with zero attached hydrogens (tertiary/aromatic N) is 2. The number of rotatable bonds is 5. The Morgan fingerprint density at radius 3 is 2.59 bits per heavy atom. The molecule has 6 nitrogen and oxygen atoms in total. The molecule has 0 saturated heterocycles. The molecule has 4 rings (SSSR count). The third-order valence-corrected chi connectivity index (χ3v) is 4.26. The average Bonchev–Trinajstić information content (AvgIpc) is 3.15. The minimum Gasteiger partial charge on any atom is -0.484 e. The van der Waals surface area contributed by atoms with E-state index in [1.54, 1.807) is 18.2 Å². The lowest BCUT2D eigenvalue weighted by atomic mass is 10.0. The van der Waals surface area contributed by atoms with Gasteiger partial charge in [0.25, 0.3) is 5.89 Å². The van der Waals surface area contributed by atoms with Gasteiger partial charge in [0, 0.05) is 23.1 Å². The summed E-state index contributed by atoms with van der Waals surface area (Å²) in [6, 6.07) is 16.5. The maximum atomic E-state index is 11.3. The van der Waals surface area contributed by atoms with Gasteiger partial charge in [0.1, 0.15) is 11.3 Å². The molecule has 2 heterocycles. The van der Waals surface area contributed by atoms with E-state index in [9.17, 15) is 4.79 Å². The third kappa shape index (κ3) is 3.74. The van der Waals surface area contributed by atoms with Crippen molar-refractivity contribution in [3.63, 3.8) is 0 Å². The first-order valence-electron chi connectivity index (χ1n) is 8.68. The SMILES string of the molecule is CC(C)c1ccc(-c2noc(COc3ccc4ccc(=O)oc4c3)n2)cc1. The van der Waals surface area contributed by atoms with E-state index in [1.165, 1.54) is 11.6 Å². The van der Waals surface area contributed by atoms with Crippen LogP contribution in [0.15, 0.2) is 68.3 Å². The van der Waals surface area contributed by atoms with Crippen molar-refractivity contribution in [2.75, 3.05) is 0 Å².